The lowest BCUT2D eigenvalue weighted by Gasteiger charge is -2.12. The molecule has 5 heteroatoms. The van der Waals surface area contributed by atoms with E-state index >= 15 is 0 Å². The van der Waals surface area contributed by atoms with Crippen molar-refractivity contribution < 1.29 is 0 Å². The molecule has 0 spiro atoms. The fourth-order valence-electron chi connectivity index (χ4n) is 0.954. The van der Waals surface area contributed by atoms with Gasteiger partial charge in [-0.2, -0.15) is 0 Å². The summed E-state index contributed by atoms with van der Waals surface area (Å²) < 4.78 is 0. The summed E-state index contributed by atoms with van der Waals surface area (Å²) in [5.41, 5.74) is 0.924. The third-order valence-electron chi connectivity index (χ3n) is 1.62. The van der Waals surface area contributed by atoms with Crippen molar-refractivity contribution >= 4 is 58.2 Å². The fraction of sp³-hybridized carbons (Fsp3) is 0.300. The summed E-state index contributed by atoms with van der Waals surface area (Å²) >= 11 is 7.40. The first kappa shape index (κ1) is 15.1. The van der Waals surface area contributed by atoms with Crippen molar-refractivity contribution in [1.29, 1.82) is 0 Å². The predicted octanol–water partition coefficient (Wildman–Crippen LogP) is 3.87. The van der Waals surface area contributed by atoms with Gasteiger partial charge < -0.3 is 4.90 Å². The van der Waals surface area contributed by atoms with Gasteiger partial charge in [0.2, 0.25) is 0 Å². The summed E-state index contributed by atoms with van der Waals surface area (Å²) in [6, 6.07) is 7.49. The molecular weight excluding hydrogens is 343 g/mol. The number of aliphatic imine (C=N–C) groups is 1. The highest BCUT2D eigenvalue weighted by molar-refractivity contribution is 14.0. The average molecular weight is 357 g/mol. The maximum Gasteiger partial charge on any atom is 0.163 e. The standard InChI is InChI=1S/C10H13ClN2S.HI/c1-13(2)10(14-3)12-9-6-4-8(11)5-7-9;/h4-7H,1-3H3;1H/b12-10+;. The largest absolute Gasteiger partial charge is 0.357 e. The number of benzene rings is 1. The van der Waals surface area contributed by atoms with Gasteiger partial charge in [0.05, 0.1) is 5.69 Å². The summed E-state index contributed by atoms with van der Waals surface area (Å²) in [6.07, 6.45) is 2.01. The van der Waals surface area contributed by atoms with Gasteiger partial charge in [-0.3, -0.25) is 0 Å². The highest BCUT2D eigenvalue weighted by atomic mass is 127. The van der Waals surface area contributed by atoms with Crippen LogP contribution >= 0.6 is 47.3 Å². The van der Waals surface area contributed by atoms with Gasteiger partial charge >= 0.3 is 0 Å². The number of nitrogens with zero attached hydrogens (tertiary/aromatic N) is 2. The quantitative estimate of drug-likeness (QED) is 0.431. The van der Waals surface area contributed by atoms with Crippen molar-refractivity contribution in [2.24, 2.45) is 4.99 Å². The Labute approximate surface area is 117 Å². The van der Waals surface area contributed by atoms with E-state index in [9.17, 15) is 0 Å². The summed E-state index contributed by atoms with van der Waals surface area (Å²) in [6.45, 7) is 0. The van der Waals surface area contributed by atoms with E-state index in [-0.39, 0.29) is 24.0 Å². The Morgan fingerprint density at radius 3 is 2.20 bits per heavy atom. The minimum absolute atomic E-state index is 0. The third kappa shape index (κ3) is 5.08. The van der Waals surface area contributed by atoms with Crippen LogP contribution in [0.5, 0.6) is 0 Å². The summed E-state index contributed by atoms with van der Waals surface area (Å²) in [7, 11) is 3.95. The van der Waals surface area contributed by atoms with Gasteiger partial charge in [0.25, 0.3) is 0 Å². The molecule has 0 fully saturated rings. The Kier molecular flexibility index (Phi) is 7.38. The van der Waals surface area contributed by atoms with E-state index in [4.69, 9.17) is 11.6 Å². The molecule has 0 radical (unpaired) electrons. The molecule has 15 heavy (non-hydrogen) atoms. The van der Waals surface area contributed by atoms with Gasteiger partial charge in [0.15, 0.2) is 5.17 Å². The molecule has 0 heterocycles. The van der Waals surface area contributed by atoms with E-state index in [2.05, 4.69) is 4.99 Å². The Morgan fingerprint density at radius 2 is 1.80 bits per heavy atom. The second-order valence-electron chi connectivity index (χ2n) is 2.97. The van der Waals surface area contributed by atoms with E-state index in [1.54, 1.807) is 11.8 Å². The molecule has 0 bridgehead atoms. The van der Waals surface area contributed by atoms with Crippen molar-refractivity contribution in [2.75, 3.05) is 20.4 Å². The van der Waals surface area contributed by atoms with Gasteiger partial charge in [-0.15, -0.1) is 24.0 Å². The Morgan fingerprint density at radius 1 is 1.27 bits per heavy atom. The van der Waals surface area contributed by atoms with E-state index in [0.717, 1.165) is 15.9 Å². The fourth-order valence-corrected chi connectivity index (χ4v) is 1.64. The number of rotatable bonds is 1. The number of thioether (sulfide) groups is 1. The van der Waals surface area contributed by atoms with Gasteiger partial charge in [-0.25, -0.2) is 4.99 Å². The van der Waals surface area contributed by atoms with Crippen LogP contribution in [0.2, 0.25) is 5.02 Å². The smallest absolute Gasteiger partial charge is 0.163 e. The van der Waals surface area contributed by atoms with Crippen molar-refractivity contribution in [3.63, 3.8) is 0 Å². The van der Waals surface area contributed by atoms with Crippen LogP contribution in [0.25, 0.3) is 0 Å². The average Bonchev–Trinajstić information content (AvgIpc) is 2.16. The monoisotopic (exact) mass is 356 g/mol. The minimum atomic E-state index is 0. The van der Waals surface area contributed by atoms with Gasteiger partial charge in [0.1, 0.15) is 0 Å². The van der Waals surface area contributed by atoms with E-state index < -0.39 is 0 Å². The molecule has 0 amide bonds. The number of amidine groups is 1. The summed E-state index contributed by atoms with van der Waals surface area (Å²) in [4.78, 5) is 6.45. The molecule has 0 atom stereocenters. The van der Waals surface area contributed by atoms with Gasteiger partial charge in [0, 0.05) is 19.1 Å². The highest BCUT2D eigenvalue weighted by Crippen LogP contribution is 2.18. The van der Waals surface area contributed by atoms with Crippen LogP contribution in [0.1, 0.15) is 0 Å². The molecule has 0 saturated heterocycles. The molecule has 0 aromatic heterocycles. The van der Waals surface area contributed by atoms with Crippen LogP contribution in [0.4, 0.5) is 5.69 Å². The lowest BCUT2D eigenvalue weighted by molar-refractivity contribution is 0.637. The minimum Gasteiger partial charge on any atom is -0.357 e. The van der Waals surface area contributed by atoms with Crippen molar-refractivity contribution in [3.8, 4) is 0 Å². The van der Waals surface area contributed by atoms with E-state index in [1.165, 1.54) is 0 Å². The lowest BCUT2D eigenvalue weighted by atomic mass is 10.3. The van der Waals surface area contributed by atoms with Crippen LogP contribution in [0.3, 0.4) is 0 Å². The van der Waals surface area contributed by atoms with Crippen LogP contribution in [0.15, 0.2) is 29.3 Å². The van der Waals surface area contributed by atoms with Crippen molar-refractivity contribution in [1.82, 2.24) is 4.90 Å². The first-order chi connectivity index (χ1) is 6.63. The molecule has 1 aromatic rings. The number of hydrogen-bond acceptors (Lipinski definition) is 2. The van der Waals surface area contributed by atoms with Gasteiger partial charge in [-0.1, -0.05) is 23.4 Å². The van der Waals surface area contributed by atoms with Crippen molar-refractivity contribution in [3.05, 3.63) is 29.3 Å². The first-order valence-corrected chi connectivity index (χ1v) is 5.79. The maximum atomic E-state index is 5.78. The van der Waals surface area contributed by atoms with Crippen LogP contribution in [-0.2, 0) is 0 Å². The zero-order chi connectivity index (χ0) is 10.6. The molecule has 84 valence electrons. The Bertz CT molecular complexity index is 325. The molecule has 0 aliphatic rings. The summed E-state index contributed by atoms with van der Waals surface area (Å²) in [5, 5.41) is 1.71. The van der Waals surface area contributed by atoms with Crippen LogP contribution in [-0.4, -0.2) is 30.4 Å². The molecule has 1 rings (SSSR count). The Hall–Kier alpha value is 0.0600. The molecule has 0 saturated carbocycles. The number of hydrogen-bond donors (Lipinski definition) is 0. The molecule has 2 nitrogen and oxygen atoms in total. The predicted molar refractivity (Wildman–Crippen MR) is 81.2 cm³/mol. The van der Waals surface area contributed by atoms with Gasteiger partial charge in [-0.05, 0) is 30.5 Å². The van der Waals surface area contributed by atoms with Crippen LogP contribution < -0.4 is 0 Å². The molecular formula is C10H14ClIN2S. The summed E-state index contributed by atoms with van der Waals surface area (Å²) in [5.74, 6) is 0. The normalized spacial score (nSPS) is 10.8. The molecule has 0 N–H and O–H groups in total. The zero-order valence-corrected chi connectivity index (χ0v) is 12.8. The van der Waals surface area contributed by atoms with Crippen molar-refractivity contribution in [2.45, 2.75) is 0 Å². The molecule has 0 aliphatic carbocycles. The van der Waals surface area contributed by atoms with E-state index in [1.807, 2.05) is 49.5 Å². The zero-order valence-electron chi connectivity index (χ0n) is 8.90. The molecule has 0 aliphatic heterocycles. The maximum absolute atomic E-state index is 5.78. The molecule has 0 unspecified atom stereocenters. The third-order valence-corrected chi connectivity index (χ3v) is 2.69. The second-order valence-corrected chi connectivity index (χ2v) is 4.18. The second kappa shape index (κ2) is 7.35. The number of halogens is 2. The van der Waals surface area contributed by atoms with Crippen LogP contribution in [0, 0.1) is 0 Å². The van der Waals surface area contributed by atoms with E-state index in [0.29, 0.717) is 0 Å². The Balaban J connectivity index is 0.00000196. The SMILES string of the molecule is CS/C(=N/c1ccc(Cl)cc1)N(C)C.I. The lowest BCUT2D eigenvalue weighted by Crippen LogP contribution is -2.17. The molecule has 1 aromatic carbocycles. The highest BCUT2D eigenvalue weighted by Gasteiger charge is 1.99. The first-order valence-electron chi connectivity index (χ1n) is 4.19. The topological polar surface area (TPSA) is 15.6 Å².